The number of carbonyl (C=O) groups is 2. The summed E-state index contributed by atoms with van der Waals surface area (Å²) >= 11 is 0. The van der Waals surface area contributed by atoms with E-state index < -0.39 is 12.0 Å². The quantitative estimate of drug-likeness (QED) is 0.296. The maximum absolute atomic E-state index is 12.3. The van der Waals surface area contributed by atoms with Gasteiger partial charge in [-0.05, 0) is 0 Å². The van der Waals surface area contributed by atoms with Crippen molar-refractivity contribution in [1.82, 2.24) is 5.43 Å². The molecule has 0 spiro atoms. The number of aliphatic imine (C=N–C) groups is 1. The smallest absolute Gasteiger partial charge is 0.343 e. The number of hydrogen-bond acceptors (Lipinski definition) is 7. The summed E-state index contributed by atoms with van der Waals surface area (Å²) in [7, 11) is 1.21. The van der Waals surface area contributed by atoms with E-state index in [1.807, 2.05) is 0 Å². The number of amidine groups is 1. The van der Waals surface area contributed by atoms with E-state index in [9.17, 15) is 9.59 Å². The van der Waals surface area contributed by atoms with Crippen LogP contribution in [0, 0.1) is 0 Å². The molecular formula is C13H14N4O3. The molecule has 1 aliphatic heterocycles. The number of nitrogens with one attached hydrogen (secondary N) is 1. The van der Waals surface area contributed by atoms with Crippen molar-refractivity contribution >= 4 is 17.6 Å². The summed E-state index contributed by atoms with van der Waals surface area (Å²) < 4.78 is 4.61. The number of nitrogens with zero attached hydrogens (tertiary/aromatic N) is 1. The van der Waals surface area contributed by atoms with Gasteiger partial charge < -0.3 is 15.9 Å². The van der Waals surface area contributed by atoms with Crippen molar-refractivity contribution in [2.24, 2.45) is 16.6 Å². The first-order valence-corrected chi connectivity index (χ1v) is 5.82. The van der Waals surface area contributed by atoms with E-state index in [0.717, 1.165) is 0 Å². The standard InChI is InChI=1S/C13H14N4O3/c1-20-13(19)8-9(14)10(16-12(8)17-15)11(18)7-5-3-2-4-6-7/h2-6,10H,14-15H2,1H3,(H,16,17)/t10-/m1/s1. The molecule has 0 bridgehead atoms. The number of rotatable bonds is 3. The Labute approximate surface area is 115 Å². The van der Waals surface area contributed by atoms with Gasteiger partial charge in [-0.1, -0.05) is 30.3 Å². The highest BCUT2D eigenvalue weighted by Crippen LogP contribution is 2.21. The minimum Gasteiger partial charge on any atom is -0.465 e. The lowest BCUT2D eigenvalue weighted by molar-refractivity contribution is -0.135. The maximum atomic E-state index is 12.3. The van der Waals surface area contributed by atoms with Crippen molar-refractivity contribution in [2.75, 3.05) is 7.11 Å². The molecule has 0 radical (unpaired) electrons. The minimum absolute atomic E-state index is 0.00992. The van der Waals surface area contributed by atoms with E-state index >= 15 is 0 Å². The molecule has 1 aromatic rings. The summed E-state index contributed by atoms with van der Waals surface area (Å²) in [4.78, 5) is 28.0. The molecule has 2 rings (SSSR count). The monoisotopic (exact) mass is 274 g/mol. The average Bonchev–Trinajstić information content (AvgIpc) is 2.83. The van der Waals surface area contributed by atoms with Gasteiger partial charge >= 0.3 is 5.97 Å². The van der Waals surface area contributed by atoms with Gasteiger partial charge in [-0.3, -0.25) is 4.79 Å². The molecule has 1 heterocycles. The highest BCUT2D eigenvalue weighted by atomic mass is 16.5. The fraction of sp³-hybridized carbons (Fsp3) is 0.154. The second-order valence-corrected chi connectivity index (χ2v) is 4.08. The summed E-state index contributed by atoms with van der Waals surface area (Å²) in [5.41, 5.74) is 8.57. The highest BCUT2D eigenvalue weighted by Gasteiger charge is 2.35. The highest BCUT2D eigenvalue weighted by molar-refractivity contribution is 6.23. The number of carbonyl (C=O) groups excluding carboxylic acids is 2. The molecule has 1 atom stereocenters. The van der Waals surface area contributed by atoms with Gasteiger partial charge in [0, 0.05) is 5.56 Å². The van der Waals surface area contributed by atoms with Gasteiger partial charge in [0.05, 0.1) is 12.8 Å². The first-order valence-electron chi connectivity index (χ1n) is 5.82. The summed E-state index contributed by atoms with van der Waals surface area (Å²) in [6.07, 6.45) is 0. The molecule has 1 aliphatic rings. The van der Waals surface area contributed by atoms with Crippen molar-refractivity contribution in [3.63, 3.8) is 0 Å². The van der Waals surface area contributed by atoms with Crippen LogP contribution in [0.4, 0.5) is 0 Å². The molecule has 5 N–H and O–H groups in total. The topological polar surface area (TPSA) is 120 Å². The molecule has 7 nitrogen and oxygen atoms in total. The molecule has 0 unspecified atom stereocenters. The van der Waals surface area contributed by atoms with E-state index in [-0.39, 0.29) is 22.9 Å². The Hall–Kier alpha value is -2.67. The molecule has 0 aliphatic carbocycles. The van der Waals surface area contributed by atoms with Crippen LogP contribution in [0.25, 0.3) is 0 Å². The lowest BCUT2D eigenvalue weighted by Crippen LogP contribution is -2.34. The lowest BCUT2D eigenvalue weighted by atomic mass is 10.0. The molecule has 0 fully saturated rings. The first-order chi connectivity index (χ1) is 9.60. The molecule has 104 valence electrons. The molecule has 0 aromatic heterocycles. The Morgan fingerprint density at radius 3 is 2.50 bits per heavy atom. The Kier molecular flexibility index (Phi) is 3.81. The van der Waals surface area contributed by atoms with E-state index in [1.165, 1.54) is 7.11 Å². The third-order valence-corrected chi connectivity index (χ3v) is 2.91. The van der Waals surface area contributed by atoms with Crippen molar-refractivity contribution in [1.29, 1.82) is 0 Å². The summed E-state index contributed by atoms with van der Waals surface area (Å²) in [5, 5.41) is 0. The SMILES string of the molecule is COC(=O)C1=C(N)[C@H](C(=O)c2ccccc2)N=C1NN. The molecule has 1 aromatic carbocycles. The van der Waals surface area contributed by atoms with Gasteiger partial charge in [0.1, 0.15) is 5.57 Å². The maximum Gasteiger partial charge on any atom is 0.343 e. The summed E-state index contributed by atoms with van der Waals surface area (Å²) in [5.74, 6) is 4.33. The third-order valence-electron chi connectivity index (χ3n) is 2.91. The third kappa shape index (κ3) is 2.26. The van der Waals surface area contributed by atoms with Crippen LogP contribution >= 0.6 is 0 Å². The summed E-state index contributed by atoms with van der Waals surface area (Å²) in [6, 6.07) is 7.58. The number of benzene rings is 1. The van der Waals surface area contributed by atoms with Crippen LogP contribution in [0.15, 0.2) is 46.6 Å². The lowest BCUT2D eigenvalue weighted by Gasteiger charge is -2.08. The Morgan fingerprint density at radius 2 is 1.95 bits per heavy atom. The van der Waals surface area contributed by atoms with Crippen LogP contribution in [0.3, 0.4) is 0 Å². The van der Waals surface area contributed by atoms with Crippen LogP contribution in [-0.2, 0) is 9.53 Å². The normalized spacial score (nSPS) is 17.7. The number of nitrogens with two attached hydrogens (primary N) is 2. The zero-order chi connectivity index (χ0) is 14.7. The molecule has 7 heteroatoms. The second kappa shape index (κ2) is 5.54. The fourth-order valence-electron chi connectivity index (χ4n) is 1.92. The number of hydrazine groups is 1. The second-order valence-electron chi connectivity index (χ2n) is 4.08. The molecule has 20 heavy (non-hydrogen) atoms. The predicted molar refractivity (Wildman–Crippen MR) is 72.5 cm³/mol. The van der Waals surface area contributed by atoms with Gasteiger partial charge in [-0.15, -0.1) is 0 Å². The number of methoxy groups -OCH3 is 1. The summed E-state index contributed by atoms with van der Waals surface area (Å²) in [6.45, 7) is 0. The molecule has 0 saturated carbocycles. The Morgan fingerprint density at radius 1 is 1.30 bits per heavy atom. The fourth-order valence-corrected chi connectivity index (χ4v) is 1.92. The number of Topliss-reactive ketones (excluding diaryl/α,β-unsaturated/α-hetero) is 1. The van der Waals surface area contributed by atoms with E-state index in [4.69, 9.17) is 11.6 Å². The first kappa shape index (κ1) is 13.8. The number of ether oxygens (including phenoxy) is 1. The molecular weight excluding hydrogens is 260 g/mol. The van der Waals surface area contributed by atoms with Gasteiger partial charge in [0.15, 0.2) is 17.7 Å². The van der Waals surface area contributed by atoms with E-state index in [1.54, 1.807) is 30.3 Å². The van der Waals surface area contributed by atoms with Crippen LogP contribution in [-0.4, -0.2) is 30.7 Å². The van der Waals surface area contributed by atoms with Crippen molar-refractivity contribution in [2.45, 2.75) is 6.04 Å². The number of esters is 1. The minimum atomic E-state index is -0.974. The zero-order valence-electron chi connectivity index (χ0n) is 10.8. The zero-order valence-corrected chi connectivity index (χ0v) is 10.8. The van der Waals surface area contributed by atoms with Crippen molar-refractivity contribution < 1.29 is 14.3 Å². The predicted octanol–water partition coefficient (Wildman–Crippen LogP) is -0.501. The number of ketones is 1. The van der Waals surface area contributed by atoms with Crippen molar-refractivity contribution in [3.05, 3.63) is 47.2 Å². The van der Waals surface area contributed by atoms with Crippen LogP contribution in [0.5, 0.6) is 0 Å². The van der Waals surface area contributed by atoms with Gasteiger partial charge in [0.25, 0.3) is 0 Å². The van der Waals surface area contributed by atoms with Crippen LogP contribution in [0.1, 0.15) is 10.4 Å². The van der Waals surface area contributed by atoms with E-state index in [2.05, 4.69) is 15.2 Å². The Bertz CT molecular complexity index is 607. The van der Waals surface area contributed by atoms with Crippen molar-refractivity contribution in [3.8, 4) is 0 Å². The number of hydrogen-bond donors (Lipinski definition) is 3. The van der Waals surface area contributed by atoms with Gasteiger partial charge in [0.2, 0.25) is 0 Å². The average molecular weight is 274 g/mol. The van der Waals surface area contributed by atoms with Gasteiger partial charge in [-0.2, -0.15) is 0 Å². The van der Waals surface area contributed by atoms with Gasteiger partial charge in [-0.25, -0.2) is 15.6 Å². The van der Waals surface area contributed by atoms with Crippen LogP contribution in [0.2, 0.25) is 0 Å². The largest absolute Gasteiger partial charge is 0.465 e. The van der Waals surface area contributed by atoms with Crippen LogP contribution < -0.4 is 17.0 Å². The molecule has 0 amide bonds. The molecule has 0 saturated heterocycles. The van der Waals surface area contributed by atoms with E-state index in [0.29, 0.717) is 5.56 Å². The Balaban J connectivity index is 2.39.